The third-order valence-electron chi connectivity index (χ3n) is 2.95. The molecule has 0 unspecified atom stereocenters. The molecule has 21 heavy (non-hydrogen) atoms. The standard InChI is InChI=1S/C15H25NO4.ClH/c1-5-20-8-6-7-16-11-12-9-14(18-3)15(19-4)10-13(12)17-2;/h9-10,16H,5-8,11H2,1-4H3;1H. The fraction of sp³-hybridized carbons (Fsp3) is 0.600. The van der Waals surface area contributed by atoms with Crippen LogP contribution in [-0.4, -0.2) is 41.1 Å². The summed E-state index contributed by atoms with van der Waals surface area (Å²) in [5.41, 5.74) is 1.04. The number of methoxy groups -OCH3 is 3. The van der Waals surface area contributed by atoms with Crippen molar-refractivity contribution in [3.63, 3.8) is 0 Å². The molecule has 0 saturated carbocycles. The number of rotatable bonds is 10. The lowest BCUT2D eigenvalue weighted by molar-refractivity contribution is 0.144. The lowest BCUT2D eigenvalue weighted by atomic mass is 10.1. The van der Waals surface area contributed by atoms with Gasteiger partial charge in [-0.1, -0.05) is 0 Å². The minimum Gasteiger partial charge on any atom is -0.496 e. The van der Waals surface area contributed by atoms with E-state index in [0.717, 1.165) is 44.0 Å². The molecule has 0 aliphatic carbocycles. The Morgan fingerprint density at radius 3 is 2.14 bits per heavy atom. The van der Waals surface area contributed by atoms with Crippen molar-refractivity contribution < 1.29 is 18.9 Å². The first-order chi connectivity index (χ1) is 9.76. The first-order valence-corrected chi connectivity index (χ1v) is 6.84. The van der Waals surface area contributed by atoms with E-state index >= 15 is 0 Å². The molecule has 0 aliphatic heterocycles. The van der Waals surface area contributed by atoms with Gasteiger partial charge in [-0.05, 0) is 26.0 Å². The molecule has 6 heteroatoms. The highest BCUT2D eigenvalue weighted by Gasteiger charge is 2.11. The maximum atomic E-state index is 5.38. The largest absolute Gasteiger partial charge is 0.496 e. The minimum atomic E-state index is 0. The van der Waals surface area contributed by atoms with E-state index in [1.165, 1.54) is 0 Å². The summed E-state index contributed by atoms with van der Waals surface area (Å²) >= 11 is 0. The molecule has 0 heterocycles. The number of ether oxygens (including phenoxy) is 4. The van der Waals surface area contributed by atoms with Crippen LogP contribution in [0.15, 0.2) is 12.1 Å². The van der Waals surface area contributed by atoms with Gasteiger partial charge in [0, 0.05) is 31.4 Å². The van der Waals surface area contributed by atoms with Gasteiger partial charge >= 0.3 is 0 Å². The SMILES string of the molecule is CCOCCCNCc1cc(OC)c(OC)cc1OC.Cl. The zero-order chi connectivity index (χ0) is 14.8. The monoisotopic (exact) mass is 319 g/mol. The number of hydrogen-bond donors (Lipinski definition) is 1. The highest BCUT2D eigenvalue weighted by molar-refractivity contribution is 5.85. The zero-order valence-electron chi connectivity index (χ0n) is 13.2. The van der Waals surface area contributed by atoms with E-state index in [4.69, 9.17) is 18.9 Å². The van der Waals surface area contributed by atoms with Crippen molar-refractivity contribution in [3.8, 4) is 17.2 Å². The molecule has 1 rings (SSSR count). The Morgan fingerprint density at radius 1 is 0.952 bits per heavy atom. The van der Waals surface area contributed by atoms with E-state index in [1.807, 2.05) is 19.1 Å². The number of hydrogen-bond acceptors (Lipinski definition) is 5. The Bertz CT molecular complexity index is 402. The van der Waals surface area contributed by atoms with E-state index in [1.54, 1.807) is 21.3 Å². The van der Waals surface area contributed by atoms with Crippen LogP contribution in [0.5, 0.6) is 17.2 Å². The zero-order valence-corrected chi connectivity index (χ0v) is 14.0. The molecular formula is C15H26ClNO4. The topological polar surface area (TPSA) is 49.0 Å². The summed E-state index contributed by atoms with van der Waals surface area (Å²) in [5, 5.41) is 3.37. The fourth-order valence-corrected chi connectivity index (χ4v) is 1.90. The molecule has 0 aliphatic rings. The van der Waals surface area contributed by atoms with Crippen LogP contribution in [-0.2, 0) is 11.3 Å². The lowest BCUT2D eigenvalue weighted by Crippen LogP contribution is -2.17. The summed E-state index contributed by atoms with van der Waals surface area (Å²) in [5.74, 6) is 2.17. The molecule has 0 radical (unpaired) electrons. The quantitative estimate of drug-likeness (QED) is 0.672. The van der Waals surface area contributed by atoms with E-state index in [9.17, 15) is 0 Å². The molecule has 1 aromatic rings. The summed E-state index contributed by atoms with van der Waals surface area (Å²) in [6.07, 6.45) is 0.990. The molecule has 0 bridgehead atoms. The second kappa shape index (κ2) is 11.5. The molecular weight excluding hydrogens is 294 g/mol. The van der Waals surface area contributed by atoms with Crippen molar-refractivity contribution in [2.24, 2.45) is 0 Å². The third-order valence-corrected chi connectivity index (χ3v) is 2.95. The van der Waals surface area contributed by atoms with Gasteiger partial charge in [-0.15, -0.1) is 12.4 Å². The molecule has 0 saturated heterocycles. The van der Waals surface area contributed by atoms with Gasteiger partial charge in [0.1, 0.15) is 5.75 Å². The molecule has 0 spiro atoms. The van der Waals surface area contributed by atoms with Gasteiger partial charge in [0.15, 0.2) is 11.5 Å². The Morgan fingerprint density at radius 2 is 1.57 bits per heavy atom. The average Bonchev–Trinajstić information content (AvgIpc) is 2.49. The van der Waals surface area contributed by atoms with Gasteiger partial charge in [-0.3, -0.25) is 0 Å². The minimum absolute atomic E-state index is 0. The van der Waals surface area contributed by atoms with Crippen molar-refractivity contribution in [2.45, 2.75) is 19.9 Å². The Labute approximate surface area is 133 Å². The van der Waals surface area contributed by atoms with Crippen LogP contribution in [0.1, 0.15) is 18.9 Å². The predicted molar refractivity (Wildman–Crippen MR) is 86.2 cm³/mol. The second-order valence-electron chi connectivity index (χ2n) is 4.25. The first kappa shape index (κ1) is 19.8. The lowest BCUT2D eigenvalue weighted by Gasteiger charge is -2.14. The maximum absolute atomic E-state index is 5.38. The van der Waals surface area contributed by atoms with Crippen LogP contribution in [0.2, 0.25) is 0 Å². The van der Waals surface area contributed by atoms with Crippen molar-refractivity contribution in [3.05, 3.63) is 17.7 Å². The fourth-order valence-electron chi connectivity index (χ4n) is 1.90. The summed E-state index contributed by atoms with van der Waals surface area (Å²) < 4.78 is 21.2. The third kappa shape index (κ3) is 6.42. The van der Waals surface area contributed by atoms with Gasteiger partial charge in [-0.2, -0.15) is 0 Å². The van der Waals surface area contributed by atoms with Crippen LogP contribution in [0.25, 0.3) is 0 Å². The van der Waals surface area contributed by atoms with E-state index in [0.29, 0.717) is 11.5 Å². The molecule has 5 nitrogen and oxygen atoms in total. The van der Waals surface area contributed by atoms with Crippen LogP contribution >= 0.6 is 12.4 Å². The van der Waals surface area contributed by atoms with Gasteiger partial charge in [0.25, 0.3) is 0 Å². The summed E-state index contributed by atoms with van der Waals surface area (Å²) in [6.45, 7) is 5.17. The van der Waals surface area contributed by atoms with Crippen molar-refractivity contribution >= 4 is 12.4 Å². The van der Waals surface area contributed by atoms with Crippen LogP contribution in [0, 0.1) is 0 Å². The predicted octanol–water partition coefficient (Wildman–Crippen LogP) is 2.65. The molecule has 0 atom stereocenters. The highest BCUT2D eigenvalue weighted by atomic mass is 35.5. The van der Waals surface area contributed by atoms with Crippen molar-refractivity contribution in [1.29, 1.82) is 0 Å². The highest BCUT2D eigenvalue weighted by Crippen LogP contribution is 2.34. The molecule has 1 N–H and O–H groups in total. The maximum Gasteiger partial charge on any atom is 0.164 e. The first-order valence-electron chi connectivity index (χ1n) is 6.84. The molecule has 0 amide bonds. The van der Waals surface area contributed by atoms with Crippen molar-refractivity contribution in [2.75, 3.05) is 41.1 Å². The van der Waals surface area contributed by atoms with E-state index < -0.39 is 0 Å². The van der Waals surface area contributed by atoms with Gasteiger partial charge in [-0.25, -0.2) is 0 Å². The summed E-state index contributed by atoms with van der Waals surface area (Å²) in [4.78, 5) is 0. The summed E-state index contributed by atoms with van der Waals surface area (Å²) in [7, 11) is 4.90. The molecule has 0 aromatic heterocycles. The van der Waals surface area contributed by atoms with Gasteiger partial charge < -0.3 is 24.3 Å². The van der Waals surface area contributed by atoms with E-state index in [2.05, 4.69) is 5.32 Å². The van der Waals surface area contributed by atoms with Crippen LogP contribution < -0.4 is 19.5 Å². The average molecular weight is 320 g/mol. The smallest absolute Gasteiger partial charge is 0.164 e. The molecule has 1 aromatic carbocycles. The normalized spacial score (nSPS) is 9.90. The van der Waals surface area contributed by atoms with Gasteiger partial charge in [0.05, 0.1) is 21.3 Å². The van der Waals surface area contributed by atoms with Crippen molar-refractivity contribution in [1.82, 2.24) is 5.32 Å². The van der Waals surface area contributed by atoms with Crippen LogP contribution in [0.4, 0.5) is 0 Å². The Hall–Kier alpha value is -1.17. The van der Waals surface area contributed by atoms with Crippen LogP contribution in [0.3, 0.4) is 0 Å². The Balaban J connectivity index is 0.00000400. The number of halogens is 1. The number of benzene rings is 1. The summed E-state index contributed by atoms with van der Waals surface area (Å²) in [6, 6.07) is 3.78. The Kier molecular flexibility index (Phi) is 10.8. The molecule has 0 fully saturated rings. The number of nitrogens with one attached hydrogen (secondary N) is 1. The molecule has 122 valence electrons. The van der Waals surface area contributed by atoms with E-state index in [-0.39, 0.29) is 12.4 Å². The second-order valence-corrected chi connectivity index (χ2v) is 4.25. The van der Waals surface area contributed by atoms with Gasteiger partial charge in [0.2, 0.25) is 0 Å².